The third-order valence-corrected chi connectivity index (χ3v) is 4.17. The average Bonchev–Trinajstić information content (AvgIpc) is 2.74. The summed E-state index contributed by atoms with van der Waals surface area (Å²) in [7, 11) is 0. The molecule has 3 rings (SSSR count). The van der Waals surface area contributed by atoms with E-state index in [1.165, 1.54) is 0 Å². The molecule has 0 aromatic heterocycles. The fourth-order valence-electron chi connectivity index (χ4n) is 2.59. The zero-order chi connectivity index (χ0) is 25.7. The van der Waals surface area contributed by atoms with Gasteiger partial charge < -0.3 is 20.9 Å². The van der Waals surface area contributed by atoms with Crippen molar-refractivity contribution in [1.82, 2.24) is 0 Å². The van der Waals surface area contributed by atoms with Gasteiger partial charge in [-0.25, -0.2) is 30.7 Å². The molecule has 182 valence electrons. The summed E-state index contributed by atoms with van der Waals surface area (Å²) in [6.07, 6.45) is -5.71. The molecule has 0 fully saturated rings. The molecule has 0 amide bonds. The highest BCUT2D eigenvalue weighted by Gasteiger charge is 2.42. The van der Waals surface area contributed by atoms with Gasteiger partial charge in [-0.05, 0) is 0 Å². The second-order valence-electron chi connectivity index (χ2n) is 6.37. The van der Waals surface area contributed by atoms with E-state index in [1.54, 1.807) is 0 Å². The lowest BCUT2D eigenvalue weighted by Crippen LogP contribution is -2.13. The molecule has 0 aliphatic heterocycles. The Morgan fingerprint density at radius 1 is 0.529 bits per heavy atom. The molecule has 0 saturated heterocycles. The molecular formula is C19H7F11N2O2. The van der Waals surface area contributed by atoms with Gasteiger partial charge in [-0.1, -0.05) is 0 Å². The van der Waals surface area contributed by atoms with E-state index in [9.17, 15) is 48.3 Å². The molecule has 0 aliphatic rings. The van der Waals surface area contributed by atoms with E-state index in [2.05, 4.69) is 9.47 Å². The number of nitrogens with two attached hydrogens (primary N) is 2. The standard InChI is InChI=1S/C19H7F11N2O2/c20-4-1-9(33-7-2-5(21)11(23)16(31)13(7)25)15(27)18(10(4)19(28,29)30)34-8-3-6(22)12(24)17(32)14(8)26/h1-3H,31-32H2. The van der Waals surface area contributed by atoms with Crippen LogP contribution in [0.3, 0.4) is 0 Å². The van der Waals surface area contributed by atoms with Gasteiger partial charge in [0.15, 0.2) is 57.9 Å². The SMILES string of the molecule is Nc1c(F)c(F)cc(Oc2cc(F)c(C(F)(F)F)c(Oc3cc(F)c(F)c(N)c3F)c2F)c1F. The Hall–Kier alpha value is -3.91. The van der Waals surface area contributed by atoms with E-state index in [0.717, 1.165) is 0 Å². The average molecular weight is 504 g/mol. The molecule has 0 unspecified atom stereocenters. The van der Waals surface area contributed by atoms with E-state index in [1.807, 2.05) is 0 Å². The van der Waals surface area contributed by atoms with Crippen LogP contribution in [-0.4, -0.2) is 0 Å². The van der Waals surface area contributed by atoms with Gasteiger partial charge in [0.25, 0.3) is 0 Å². The van der Waals surface area contributed by atoms with Crippen LogP contribution in [0, 0.1) is 46.5 Å². The number of hydrogen-bond acceptors (Lipinski definition) is 4. The molecule has 0 saturated carbocycles. The number of ether oxygens (including phenoxy) is 2. The fourth-order valence-corrected chi connectivity index (χ4v) is 2.59. The summed E-state index contributed by atoms with van der Waals surface area (Å²) in [5.74, 6) is -22.7. The van der Waals surface area contributed by atoms with Gasteiger partial charge in [0, 0.05) is 18.2 Å². The summed E-state index contributed by atoms with van der Waals surface area (Å²) in [5.41, 5.74) is 4.34. The normalized spacial score (nSPS) is 11.6. The summed E-state index contributed by atoms with van der Waals surface area (Å²) in [4.78, 5) is 0. The Morgan fingerprint density at radius 2 is 0.912 bits per heavy atom. The third-order valence-electron chi connectivity index (χ3n) is 4.17. The Kier molecular flexibility index (Phi) is 6.15. The Morgan fingerprint density at radius 3 is 1.35 bits per heavy atom. The number of halogens is 11. The lowest BCUT2D eigenvalue weighted by molar-refractivity contribution is -0.141. The van der Waals surface area contributed by atoms with E-state index in [0.29, 0.717) is 0 Å². The van der Waals surface area contributed by atoms with Crippen molar-refractivity contribution in [3.63, 3.8) is 0 Å². The smallest absolute Gasteiger partial charge is 0.422 e. The molecular weight excluding hydrogens is 497 g/mol. The highest BCUT2D eigenvalue weighted by molar-refractivity contribution is 5.54. The first-order valence-corrected chi connectivity index (χ1v) is 8.45. The third kappa shape index (κ3) is 4.20. The van der Waals surface area contributed by atoms with Crippen LogP contribution in [0.5, 0.6) is 23.0 Å². The van der Waals surface area contributed by atoms with Crippen LogP contribution >= 0.6 is 0 Å². The molecule has 0 radical (unpaired) electrons. The summed E-state index contributed by atoms with van der Waals surface area (Å²) in [5, 5.41) is 0. The van der Waals surface area contributed by atoms with Crippen LogP contribution in [0.1, 0.15) is 5.56 Å². The van der Waals surface area contributed by atoms with Crippen LogP contribution in [0.25, 0.3) is 0 Å². The fraction of sp³-hybridized carbons (Fsp3) is 0.0526. The number of rotatable bonds is 4. The largest absolute Gasteiger partial charge is 0.451 e. The number of anilines is 2. The van der Waals surface area contributed by atoms with Gasteiger partial charge >= 0.3 is 6.18 Å². The molecule has 0 spiro atoms. The first kappa shape index (κ1) is 24.7. The van der Waals surface area contributed by atoms with Gasteiger partial charge in [0.2, 0.25) is 5.82 Å². The van der Waals surface area contributed by atoms with Gasteiger partial charge in [-0.3, -0.25) is 0 Å². The molecule has 0 heterocycles. The summed E-state index contributed by atoms with van der Waals surface area (Å²) < 4.78 is 160. The zero-order valence-corrected chi connectivity index (χ0v) is 15.9. The zero-order valence-electron chi connectivity index (χ0n) is 15.9. The number of nitrogen functional groups attached to an aromatic ring is 2. The maximum atomic E-state index is 14.9. The van der Waals surface area contributed by atoms with Crippen LogP contribution in [0.4, 0.5) is 59.7 Å². The monoisotopic (exact) mass is 504 g/mol. The molecule has 0 atom stereocenters. The summed E-state index contributed by atoms with van der Waals surface area (Å²) in [6.45, 7) is 0. The van der Waals surface area contributed by atoms with Crippen molar-refractivity contribution in [2.75, 3.05) is 11.5 Å². The van der Waals surface area contributed by atoms with Gasteiger partial charge in [0.1, 0.15) is 22.8 Å². The topological polar surface area (TPSA) is 70.5 Å². The van der Waals surface area contributed by atoms with Crippen molar-refractivity contribution in [3.05, 3.63) is 70.3 Å². The van der Waals surface area contributed by atoms with E-state index in [4.69, 9.17) is 11.5 Å². The summed E-state index contributed by atoms with van der Waals surface area (Å²) in [6, 6.07) is -0.439. The molecule has 0 bridgehead atoms. The van der Waals surface area contributed by atoms with Crippen LogP contribution in [0.15, 0.2) is 18.2 Å². The Bertz CT molecular complexity index is 1310. The predicted molar refractivity (Wildman–Crippen MR) is 93.0 cm³/mol. The quantitative estimate of drug-likeness (QED) is 0.240. The van der Waals surface area contributed by atoms with Crippen molar-refractivity contribution < 1.29 is 57.8 Å². The lowest BCUT2D eigenvalue weighted by Gasteiger charge is -2.18. The van der Waals surface area contributed by atoms with Gasteiger partial charge in [0.05, 0.1) is 0 Å². The molecule has 4 N–H and O–H groups in total. The molecule has 4 nitrogen and oxygen atoms in total. The van der Waals surface area contributed by atoms with Crippen molar-refractivity contribution in [3.8, 4) is 23.0 Å². The van der Waals surface area contributed by atoms with Crippen molar-refractivity contribution in [2.45, 2.75) is 6.18 Å². The van der Waals surface area contributed by atoms with Crippen molar-refractivity contribution in [1.29, 1.82) is 0 Å². The highest BCUT2D eigenvalue weighted by atomic mass is 19.4. The number of benzene rings is 3. The van der Waals surface area contributed by atoms with Crippen molar-refractivity contribution >= 4 is 11.4 Å². The lowest BCUT2D eigenvalue weighted by atomic mass is 10.1. The number of alkyl halides is 3. The van der Waals surface area contributed by atoms with Crippen LogP contribution in [-0.2, 0) is 6.18 Å². The van der Waals surface area contributed by atoms with Crippen LogP contribution < -0.4 is 20.9 Å². The van der Waals surface area contributed by atoms with E-state index in [-0.39, 0.29) is 18.2 Å². The maximum absolute atomic E-state index is 14.9. The van der Waals surface area contributed by atoms with Crippen LogP contribution in [0.2, 0.25) is 0 Å². The highest BCUT2D eigenvalue weighted by Crippen LogP contribution is 2.46. The molecule has 3 aromatic carbocycles. The first-order chi connectivity index (χ1) is 15.6. The Balaban J connectivity index is 2.23. The molecule has 34 heavy (non-hydrogen) atoms. The van der Waals surface area contributed by atoms with Gasteiger partial charge in [-0.15, -0.1) is 0 Å². The van der Waals surface area contributed by atoms with Crippen molar-refractivity contribution in [2.24, 2.45) is 0 Å². The minimum absolute atomic E-state index is 0.0215. The maximum Gasteiger partial charge on any atom is 0.422 e. The molecule has 15 heteroatoms. The number of hydrogen-bond donors (Lipinski definition) is 2. The minimum atomic E-state index is -5.71. The first-order valence-electron chi connectivity index (χ1n) is 8.45. The van der Waals surface area contributed by atoms with E-state index >= 15 is 0 Å². The summed E-state index contributed by atoms with van der Waals surface area (Å²) >= 11 is 0. The van der Waals surface area contributed by atoms with E-state index < -0.39 is 92.7 Å². The second kappa shape index (κ2) is 8.46. The molecule has 0 aliphatic carbocycles. The second-order valence-corrected chi connectivity index (χ2v) is 6.37. The molecule has 3 aromatic rings. The minimum Gasteiger partial charge on any atom is -0.451 e. The predicted octanol–water partition coefficient (Wildman–Crippen LogP) is 6.57. The van der Waals surface area contributed by atoms with Gasteiger partial charge in [-0.2, -0.15) is 17.6 Å². The Labute approximate surface area is 181 Å².